The predicted molar refractivity (Wildman–Crippen MR) is 86.7 cm³/mol. The van der Waals surface area contributed by atoms with Gasteiger partial charge in [-0.25, -0.2) is 0 Å². The molecule has 0 aliphatic rings. The first-order valence-corrected chi connectivity index (χ1v) is 7.18. The number of benzene rings is 2. The summed E-state index contributed by atoms with van der Waals surface area (Å²) in [6.45, 7) is 3.03. The van der Waals surface area contributed by atoms with Gasteiger partial charge in [0.25, 0.3) is 5.91 Å². The summed E-state index contributed by atoms with van der Waals surface area (Å²) in [5.41, 5.74) is 5.57. The van der Waals surface area contributed by atoms with Crippen molar-refractivity contribution in [3.63, 3.8) is 0 Å². The molecule has 0 saturated carbocycles. The molecule has 126 valence electrons. The molecule has 5 N–H and O–H groups in total. The number of hydrazine groups is 1. The molecule has 2 rings (SSSR count). The van der Waals surface area contributed by atoms with Crippen molar-refractivity contribution in [1.82, 2.24) is 10.9 Å². The number of rotatable bonds is 3. The quantitative estimate of drug-likeness (QED) is 0.545. The Morgan fingerprint density at radius 1 is 1.04 bits per heavy atom. The molecule has 2 aromatic rings. The molecule has 0 aromatic heterocycles. The van der Waals surface area contributed by atoms with Crippen LogP contribution in [0.2, 0.25) is 0 Å². The Morgan fingerprint density at radius 2 is 1.75 bits per heavy atom. The molecule has 0 spiro atoms. The fourth-order valence-corrected chi connectivity index (χ4v) is 2.25. The summed E-state index contributed by atoms with van der Waals surface area (Å²) in [7, 11) is 0. The number of aryl methyl sites for hydroxylation is 1. The smallest absolute Gasteiger partial charge is 0.273 e. The molecule has 24 heavy (non-hydrogen) atoms. The van der Waals surface area contributed by atoms with Gasteiger partial charge in [-0.1, -0.05) is 12.1 Å². The Labute approximate surface area is 138 Å². The minimum absolute atomic E-state index is 0.0250. The lowest BCUT2D eigenvalue weighted by Gasteiger charge is -2.13. The summed E-state index contributed by atoms with van der Waals surface area (Å²) in [5, 5.41) is 29.0. The average molecular weight is 330 g/mol. The van der Waals surface area contributed by atoms with Crippen molar-refractivity contribution in [2.45, 2.75) is 20.3 Å². The first kappa shape index (κ1) is 17.1. The first-order valence-electron chi connectivity index (χ1n) is 7.18. The van der Waals surface area contributed by atoms with Crippen LogP contribution in [0.5, 0.6) is 17.2 Å². The zero-order chi connectivity index (χ0) is 17.9. The van der Waals surface area contributed by atoms with Crippen LogP contribution in [0.3, 0.4) is 0 Å². The highest BCUT2D eigenvalue weighted by molar-refractivity contribution is 6.00. The van der Waals surface area contributed by atoms with Gasteiger partial charge in [-0.3, -0.25) is 20.4 Å². The number of nitrogens with one attached hydrogen (secondary N) is 2. The Kier molecular flexibility index (Phi) is 4.93. The van der Waals surface area contributed by atoms with E-state index in [1.807, 2.05) is 0 Å². The molecular weight excluding hydrogens is 312 g/mol. The molecule has 0 radical (unpaired) electrons. The maximum absolute atomic E-state index is 12.2. The Hall–Kier alpha value is -3.22. The topological polar surface area (TPSA) is 119 Å². The van der Waals surface area contributed by atoms with Crippen molar-refractivity contribution in [1.29, 1.82) is 0 Å². The molecular formula is C17H18N2O5. The van der Waals surface area contributed by atoms with Crippen molar-refractivity contribution in [2.75, 3.05) is 0 Å². The molecule has 0 aliphatic carbocycles. The lowest BCUT2D eigenvalue weighted by molar-refractivity contribution is -0.121. The average Bonchev–Trinajstić information content (AvgIpc) is 2.51. The SMILES string of the molecule is Cc1cc(O)c(C)c(O)c1C(=O)NNC(=O)Cc1cccc(O)c1. The summed E-state index contributed by atoms with van der Waals surface area (Å²) in [5.74, 6) is -1.59. The van der Waals surface area contributed by atoms with Gasteiger partial charge in [-0.15, -0.1) is 0 Å². The van der Waals surface area contributed by atoms with E-state index >= 15 is 0 Å². The first-order chi connectivity index (χ1) is 11.3. The van der Waals surface area contributed by atoms with Crippen molar-refractivity contribution >= 4 is 11.8 Å². The van der Waals surface area contributed by atoms with E-state index in [1.54, 1.807) is 19.1 Å². The molecule has 7 heteroatoms. The second-order valence-corrected chi connectivity index (χ2v) is 5.41. The summed E-state index contributed by atoms with van der Waals surface area (Å²) in [6, 6.07) is 7.57. The van der Waals surface area contributed by atoms with E-state index in [2.05, 4.69) is 10.9 Å². The minimum Gasteiger partial charge on any atom is -0.508 e. The largest absolute Gasteiger partial charge is 0.508 e. The number of phenols is 3. The van der Waals surface area contributed by atoms with Gasteiger partial charge in [0.05, 0.1) is 12.0 Å². The number of carbonyl (C=O) groups is 2. The molecule has 0 saturated heterocycles. The highest BCUT2D eigenvalue weighted by atomic mass is 16.3. The molecule has 2 aromatic carbocycles. The van der Waals surface area contributed by atoms with Crippen LogP contribution in [0.4, 0.5) is 0 Å². The zero-order valence-corrected chi connectivity index (χ0v) is 13.3. The predicted octanol–water partition coefficient (Wildman–Crippen LogP) is 1.42. The highest BCUT2D eigenvalue weighted by Gasteiger charge is 2.19. The maximum Gasteiger partial charge on any atom is 0.273 e. The zero-order valence-electron chi connectivity index (χ0n) is 13.3. The third kappa shape index (κ3) is 3.75. The number of hydrogen-bond donors (Lipinski definition) is 5. The van der Waals surface area contributed by atoms with Crippen molar-refractivity contribution in [3.8, 4) is 17.2 Å². The molecule has 0 aliphatic heterocycles. The molecule has 0 bridgehead atoms. The summed E-state index contributed by atoms with van der Waals surface area (Å²) in [6.07, 6.45) is -0.0335. The lowest BCUT2D eigenvalue weighted by Crippen LogP contribution is -2.42. The number of phenolic OH excluding ortho intramolecular Hbond substituents is 3. The highest BCUT2D eigenvalue weighted by Crippen LogP contribution is 2.32. The molecule has 2 amide bonds. The van der Waals surface area contributed by atoms with Gasteiger partial charge in [-0.2, -0.15) is 0 Å². The fourth-order valence-electron chi connectivity index (χ4n) is 2.25. The van der Waals surface area contributed by atoms with Crippen LogP contribution in [0, 0.1) is 13.8 Å². The van der Waals surface area contributed by atoms with Gasteiger partial charge >= 0.3 is 0 Å². The summed E-state index contributed by atoms with van der Waals surface area (Å²) >= 11 is 0. The lowest BCUT2D eigenvalue weighted by atomic mass is 10.0. The molecule has 0 unspecified atom stereocenters. The molecule has 7 nitrogen and oxygen atoms in total. The molecule has 0 fully saturated rings. The van der Waals surface area contributed by atoms with Crippen LogP contribution in [0.25, 0.3) is 0 Å². The van der Waals surface area contributed by atoms with E-state index in [4.69, 9.17) is 0 Å². The Balaban J connectivity index is 2.03. The van der Waals surface area contributed by atoms with Gasteiger partial charge in [0.2, 0.25) is 5.91 Å². The van der Waals surface area contributed by atoms with Gasteiger partial charge < -0.3 is 15.3 Å². The van der Waals surface area contributed by atoms with Gasteiger partial charge in [0.15, 0.2) is 0 Å². The normalized spacial score (nSPS) is 10.2. The number of hydrogen-bond acceptors (Lipinski definition) is 5. The van der Waals surface area contributed by atoms with Gasteiger partial charge in [-0.05, 0) is 43.2 Å². The van der Waals surface area contributed by atoms with Crippen LogP contribution < -0.4 is 10.9 Å². The second kappa shape index (κ2) is 6.91. The standard InChI is InChI=1S/C17H18N2O5/c1-9-6-13(21)10(2)16(23)15(9)17(24)19-18-14(22)8-11-4-3-5-12(20)7-11/h3-7,20-21,23H,8H2,1-2H3,(H,18,22)(H,19,24). The van der Waals surface area contributed by atoms with Gasteiger partial charge in [0.1, 0.15) is 17.2 Å². The number of amides is 2. The van der Waals surface area contributed by atoms with E-state index < -0.39 is 11.8 Å². The Morgan fingerprint density at radius 3 is 2.42 bits per heavy atom. The van der Waals surface area contributed by atoms with Crippen LogP contribution in [0.1, 0.15) is 27.0 Å². The van der Waals surface area contributed by atoms with Crippen LogP contribution in [-0.4, -0.2) is 27.1 Å². The van der Waals surface area contributed by atoms with E-state index in [0.717, 1.165) is 0 Å². The summed E-state index contributed by atoms with van der Waals surface area (Å²) < 4.78 is 0. The minimum atomic E-state index is -0.697. The third-order valence-electron chi connectivity index (χ3n) is 3.54. The third-order valence-corrected chi connectivity index (χ3v) is 3.54. The number of aromatic hydroxyl groups is 3. The van der Waals surface area contributed by atoms with E-state index in [1.165, 1.54) is 25.1 Å². The van der Waals surface area contributed by atoms with Gasteiger partial charge in [0, 0.05) is 5.56 Å². The van der Waals surface area contributed by atoms with Crippen LogP contribution in [0.15, 0.2) is 30.3 Å². The van der Waals surface area contributed by atoms with Crippen LogP contribution >= 0.6 is 0 Å². The fraction of sp³-hybridized carbons (Fsp3) is 0.176. The van der Waals surface area contributed by atoms with Crippen molar-refractivity contribution < 1.29 is 24.9 Å². The van der Waals surface area contributed by atoms with E-state index in [9.17, 15) is 24.9 Å². The molecule has 0 heterocycles. The Bertz CT molecular complexity index is 802. The maximum atomic E-state index is 12.2. The van der Waals surface area contributed by atoms with Crippen molar-refractivity contribution in [3.05, 3.63) is 52.6 Å². The van der Waals surface area contributed by atoms with Crippen LogP contribution in [-0.2, 0) is 11.2 Å². The monoisotopic (exact) mass is 330 g/mol. The summed E-state index contributed by atoms with van der Waals surface area (Å²) in [4.78, 5) is 24.0. The molecule has 0 atom stereocenters. The second-order valence-electron chi connectivity index (χ2n) is 5.41. The van der Waals surface area contributed by atoms with Crippen molar-refractivity contribution in [2.24, 2.45) is 0 Å². The number of carbonyl (C=O) groups excluding carboxylic acids is 2. The van der Waals surface area contributed by atoms with E-state index in [0.29, 0.717) is 11.1 Å². The van der Waals surface area contributed by atoms with E-state index in [-0.39, 0.29) is 34.8 Å².